The third-order valence-electron chi connectivity index (χ3n) is 7.97. The predicted molar refractivity (Wildman–Crippen MR) is 153 cm³/mol. The lowest BCUT2D eigenvalue weighted by molar-refractivity contribution is 0.0720. The van der Waals surface area contributed by atoms with Gasteiger partial charge in [0.1, 0.15) is 17.4 Å². The van der Waals surface area contributed by atoms with E-state index in [1.165, 1.54) is 10.6 Å². The first kappa shape index (κ1) is 28.3. The smallest absolute Gasteiger partial charge is 0.409 e. The Morgan fingerprint density at radius 1 is 1.00 bits per heavy atom. The number of amides is 2. The van der Waals surface area contributed by atoms with Crippen LogP contribution in [0.15, 0.2) is 54.7 Å². The van der Waals surface area contributed by atoms with Gasteiger partial charge in [0.25, 0.3) is 5.91 Å². The number of benzene rings is 2. The molecular weight excluding hydrogens is 546 g/mol. The molecule has 1 aromatic heterocycles. The van der Waals surface area contributed by atoms with Crippen molar-refractivity contribution in [3.8, 4) is 17.0 Å². The number of hydrogen-bond acceptors (Lipinski definition) is 7. The normalized spacial score (nSPS) is 20.2. The molecule has 0 saturated carbocycles. The van der Waals surface area contributed by atoms with Gasteiger partial charge in [0, 0.05) is 30.8 Å². The molecule has 2 atom stereocenters. The van der Waals surface area contributed by atoms with Gasteiger partial charge in [-0.1, -0.05) is 12.1 Å². The number of ether oxygens (including phenoxy) is 1. The number of sulfonamides is 1. The number of aromatic amines is 1. The largest absolute Gasteiger partial charge is 0.411 e. The second kappa shape index (κ2) is 11.3. The van der Waals surface area contributed by atoms with Gasteiger partial charge < -0.3 is 26.1 Å². The number of carbonyl (C=O) groups excluding carboxylic acids is 2. The predicted octanol–water partition coefficient (Wildman–Crippen LogP) is 2.69. The van der Waals surface area contributed by atoms with Crippen molar-refractivity contribution < 1.29 is 22.7 Å². The maximum atomic E-state index is 13.8. The third kappa shape index (κ3) is 6.25. The number of H-pyrrole nitrogens is 1. The van der Waals surface area contributed by atoms with Crippen LogP contribution in [0.1, 0.15) is 47.1 Å². The number of primary amides is 1. The standard InChI is InChI=1S/C28H33N7O5S/c1-41(38,39)34-12-10-17(11-13-34)21-14-24(35(16-21)27(36)20-4-2-19(3-5-20)25(29)30)26-32-15-23(33-26)18-6-8-22(9-7-18)40-28(31)37/h2-9,15,17,21,24H,10-14,16H2,1H3,(H3,29,30)(H2,31,37)(H,32,33)/t21-,24-/m0/s1. The highest BCUT2D eigenvalue weighted by Gasteiger charge is 2.42. The summed E-state index contributed by atoms with van der Waals surface area (Å²) in [6.07, 6.45) is 4.23. The fourth-order valence-electron chi connectivity index (χ4n) is 5.80. The summed E-state index contributed by atoms with van der Waals surface area (Å²) in [5, 5.41) is 7.63. The zero-order valence-corrected chi connectivity index (χ0v) is 23.4. The molecule has 41 heavy (non-hydrogen) atoms. The molecule has 0 radical (unpaired) electrons. The highest BCUT2D eigenvalue weighted by atomic mass is 32.2. The van der Waals surface area contributed by atoms with Gasteiger partial charge in [0.2, 0.25) is 10.0 Å². The highest BCUT2D eigenvalue weighted by Crippen LogP contribution is 2.42. The Bertz CT molecular complexity index is 1550. The first-order valence-electron chi connectivity index (χ1n) is 13.3. The van der Waals surface area contributed by atoms with Crippen LogP contribution in [0.2, 0.25) is 0 Å². The lowest BCUT2D eigenvalue weighted by atomic mass is 9.83. The number of amidine groups is 1. The van der Waals surface area contributed by atoms with E-state index >= 15 is 0 Å². The molecule has 2 aliphatic rings. The Morgan fingerprint density at radius 3 is 2.22 bits per heavy atom. The van der Waals surface area contributed by atoms with E-state index in [9.17, 15) is 18.0 Å². The van der Waals surface area contributed by atoms with Crippen LogP contribution < -0.4 is 16.2 Å². The molecule has 0 bridgehead atoms. The first-order chi connectivity index (χ1) is 19.5. The number of likely N-dealkylation sites (tertiary alicyclic amines) is 1. The SMILES string of the molecule is CS(=O)(=O)N1CCC([C@H]2C[C@@H](c3ncc(-c4ccc(OC(N)=O)cc4)[nH]3)N(C(=O)c3ccc(C(=N)N)cc3)C2)CC1. The molecule has 0 unspecified atom stereocenters. The first-order valence-corrected chi connectivity index (χ1v) is 15.2. The maximum absolute atomic E-state index is 13.8. The number of hydrogen-bond donors (Lipinski definition) is 4. The third-order valence-corrected chi connectivity index (χ3v) is 9.27. The Hall–Kier alpha value is -4.23. The fourth-order valence-corrected chi connectivity index (χ4v) is 6.68. The number of carbonyl (C=O) groups is 2. The number of aromatic nitrogens is 2. The lowest BCUT2D eigenvalue weighted by Gasteiger charge is -2.33. The molecule has 2 saturated heterocycles. The second-order valence-electron chi connectivity index (χ2n) is 10.6. The van der Waals surface area contributed by atoms with Crippen molar-refractivity contribution in [3.05, 3.63) is 71.7 Å². The van der Waals surface area contributed by atoms with Gasteiger partial charge in [-0.2, -0.15) is 0 Å². The summed E-state index contributed by atoms with van der Waals surface area (Å²) in [4.78, 5) is 34.7. The van der Waals surface area contributed by atoms with E-state index in [0.717, 1.165) is 24.1 Å². The molecule has 0 spiro atoms. The Morgan fingerprint density at radius 2 is 1.63 bits per heavy atom. The topological polar surface area (TPSA) is 189 Å². The van der Waals surface area contributed by atoms with Crippen LogP contribution in [-0.2, 0) is 10.0 Å². The van der Waals surface area contributed by atoms with E-state index in [2.05, 4.69) is 9.97 Å². The van der Waals surface area contributed by atoms with E-state index in [1.807, 2.05) is 4.90 Å². The van der Waals surface area contributed by atoms with Crippen LogP contribution in [0.3, 0.4) is 0 Å². The molecule has 0 aliphatic carbocycles. The highest BCUT2D eigenvalue weighted by molar-refractivity contribution is 7.88. The summed E-state index contributed by atoms with van der Waals surface area (Å²) in [5.41, 5.74) is 13.3. The molecule has 2 aromatic carbocycles. The van der Waals surface area contributed by atoms with E-state index in [-0.39, 0.29) is 29.6 Å². The number of nitrogens with zero attached hydrogens (tertiary/aromatic N) is 3. The van der Waals surface area contributed by atoms with Gasteiger partial charge in [-0.3, -0.25) is 10.2 Å². The molecule has 2 amide bonds. The summed E-state index contributed by atoms with van der Waals surface area (Å²) in [6, 6.07) is 13.2. The van der Waals surface area contributed by atoms with Crippen LogP contribution in [0.5, 0.6) is 5.75 Å². The summed E-state index contributed by atoms with van der Waals surface area (Å²) in [7, 11) is -3.23. The molecule has 5 rings (SSSR count). The van der Waals surface area contributed by atoms with Crippen molar-refractivity contribution in [2.45, 2.75) is 25.3 Å². The van der Waals surface area contributed by atoms with Crippen LogP contribution in [0.4, 0.5) is 4.79 Å². The van der Waals surface area contributed by atoms with E-state index in [4.69, 9.17) is 21.6 Å². The fraction of sp³-hybridized carbons (Fsp3) is 0.357. The minimum Gasteiger partial charge on any atom is -0.411 e. The summed E-state index contributed by atoms with van der Waals surface area (Å²) in [5.74, 6) is 1.23. The van der Waals surface area contributed by atoms with Gasteiger partial charge >= 0.3 is 6.09 Å². The van der Waals surface area contributed by atoms with Gasteiger partial charge in [-0.05, 0) is 73.1 Å². The molecule has 2 aliphatic heterocycles. The summed E-state index contributed by atoms with van der Waals surface area (Å²) in [6.45, 7) is 1.48. The summed E-state index contributed by atoms with van der Waals surface area (Å²) < 4.78 is 30.4. The van der Waals surface area contributed by atoms with Crippen LogP contribution in [0.25, 0.3) is 11.3 Å². The Labute approximate surface area is 238 Å². The molecule has 12 nitrogen and oxygen atoms in total. The average molecular weight is 580 g/mol. The molecule has 2 fully saturated rings. The van der Waals surface area contributed by atoms with E-state index < -0.39 is 16.1 Å². The van der Waals surface area contributed by atoms with Crippen LogP contribution in [0, 0.1) is 17.2 Å². The molecule has 216 valence electrons. The minimum absolute atomic E-state index is 0.0686. The number of nitrogens with one attached hydrogen (secondary N) is 2. The van der Waals surface area contributed by atoms with Gasteiger partial charge in [-0.25, -0.2) is 22.5 Å². The lowest BCUT2D eigenvalue weighted by Crippen LogP contribution is -2.40. The zero-order valence-electron chi connectivity index (χ0n) is 22.6. The van der Waals surface area contributed by atoms with E-state index in [1.54, 1.807) is 54.7 Å². The van der Waals surface area contributed by atoms with Crippen LogP contribution in [-0.4, -0.2) is 71.3 Å². The minimum atomic E-state index is -3.23. The molecule has 3 aromatic rings. The molecular formula is C28H33N7O5S. The van der Waals surface area contributed by atoms with Crippen molar-refractivity contribution in [1.82, 2.24) is 19.2 Å². The van der Waals surface area contributed by atoms with E-state index in [0.29, 0.717) is 48.8 Å². The van der Waals surface area contributed by atoms with Crippen LogP contribution >= 0.6 is 0 Å². The maximum Gasteiger partial charge on any atom is 0.409 e. The van der Waals surface area contributed by atoms with Crippen molar-refractivity contribution in [2.75, 3.05) is 25.9 Å². The average Bonchev–Trinajstić information content (AvgIpc) is 3.60. The Balaban J connectivity index is 1.39. The molecule has 13 heteroatoms. The number of piperidine rings is 1. The van der Waals surface area contributed by atoms with Gasteiger partial charge in [0.15, 0.2) is 0 Å². The quantitative estimate of drug-likeness (QED) is 0.244. The van der Waals surface area contributed by atoms with Crippen molar-refractivity contribution in [2.24, 2.45) is 23.3 Å². The number of nitrogens with two attached hydrogens (primary N) is 2. The van der Waals surface area contributed by atoms with Crippen molar-refractivity contribution in [3.63, 3.8) is 0 Å². The Kier molecular flexibility index (Phi) is 7.82. The summed E-state index contributed by atoms with van der Waals surface area (Å²) >= 11 is 0. The number of rotatable bonds is 7. The second-order valence-corrected chi connectivity index (χ2v) is 12.6. The molecule has 6 N–H and O–H groups in total. The zero-order chi connectivity index (χ0) is 29.3. The van der Waals surface area contributed by atoms with Crippen molar-refractivity contribution >= 4 is 27.9 Å². The number of imidazole rings is 1. The number of nitrogen functional groups attached to an aromatic ring is 1. The van der Waals surface area contributed by atoms with Gasteiger partial charge in [-0.15, -0.1) is 0 Å². The van der Waals surface area contributed by atoms with Gasteiger partial charge in [0.05, 0.1) is 24.2 Å². The van der Waals surface area contributed by atoms with Crippen molar-refractivity contribution in [1.29, 1.82) is 5.41 Å². The molecule has 3 heterocycles. The monoisotopic (exact) mass is 579 g/mol.